The van der Waals surface area contributed by atoms with Gasteiger partial charge in [0.15, 0.2) is 17.5 Å². The highest BCUT2D eigenvalue weighted by Gasteiger charge is 2.21. The first-order valence-corrected chi connectivity index (χ1v) is 21.0. The third-order valence-electron chi connectivity index (χ3n) is 11.4. The maximum Gasteiger partial charge on any atom is 0.166 e. The molecule has 62 heavy (non-hydrogen) atoms. The zero-order chi connectivity index (χ0) is 47.9. The lowest BCUT2D eigenvalue weighted by atomic mass is 10.0. The number of benzene rings is 9. The fraction of sp³-hybridized carbons (Fsp3) is 0. The number of para-hydroxylation sites is 2. The summed E-state index contributed by atoms with van der Waals surface area (Å²) in [6, 6.07) is 52.6. The molecular weight excluding hydrogens is 773 g/mol. The molecule has 0 saturated carbocycles. The average Bonchev–Trinajstić information content (AvgIpc) is 3.98. The lowest BCUT2D eigenvalue weighted by molar-refractivity contribution is 1.06. The van der Waals surface area contributed by atoms with Crippen molar-refractivity contribution in [2.45, 2.75) is 0 Å². The van der Waals surface area contributed by atoms with Crippen molar-refractivity contribution in [3.05, 3.63) is 218 Å². The van der Waals surface area contributed by atoms with Crippen LogP contribution in [-0.4, -0.2) is 19.5 Å². The van der Waals surface area contributed by atoms with Gasteiger partial charge in [-0.05, 0) is 63.7 Å². The molecule has 4 nitrogen and oxygen atoms in total. The van der Waals surface area contributed by atoms with Gasteiger partial charge in [0.05, 0.1) is 27.7 Å². The number of fused-ring (bicyclic) bond motifs is 6. The fourth-order valence-electron chi connectivity index (χ4n) is 8.35. The summed E-state index contributed by atoms with van der Waals surface area (Å²) in [7, 11) is 0. The molecule has 12 rings (SSSR count). The molecule has 0 fully saturated rings. The van der Waals surface area contributed by atoms with Crippen molar-refractivity contribution in [1.29, 1.82) is 0 Å². The van der Waals surface area contributed by atoms with E-state index in [1.165, 1.54) is 24.7 Å². The predicted octanol–water partition coefficient (Wildman–Crippen LogP) is 15.3. The van der Waals surface area contributed by atoms with Crippen LogP contribution >= 0.6 is 11.3 Å². The van der Waals surface area contributed by atoms with Gasteiger partial charge in [-0.3, -0.25) is 0 Å². The van der Waals surface area contributed by atoms with Crippen LogP contribution in [0.5, 0.6) is 0 Å². The van der Waals surface area contributed by atoms with Gasteiger partial charge in [0.25, 0.3) is 0 Å². The lowest BCUT2D eigenvalue weighted by Gasteiger charge is -2.16. The van der Waals surface area contributed by atoms with E-state index >= 15 is 0 Å². The van der Waals surface area contributed by atoms with Crippen LogP contribution in [0, 0.1) is 0 Å². The molecule has 0 aliphatic carbocycles. The minimum Gasteiger partial charge on any atom is -0.308 e. The van der Waals surface area contributed by atoms with Gasteiger partial charge < -0.3 is 4.57 Å². The summed E-state index contributed by atoms with van der Waals surface area (Å²) in [5, 5.41) is 2.38. The molecule has 0 atom stereocenters. The number of thiophene rings is 1. The third-order valence-corrected chi connectivity index (χ3v) is 12.6. The maximum absolute atomic E-state index is 9.35. The molecule has 9 aromatic carbocycles. The van der Waals surface area contributed by atoms with E-state index in [-0.39, 0.29) is 27.6 Å². The summed E-state index contributed by atoms with van der Waals surface area (Å²) in [5.74, 6) is 0.989. The molecule has 0 radical (unpaired) electrons. The Labute approximate surface area is 374 Å². The van der Waals surface area contributed by atoms with Crippen LogP contribution in [0.1, 0.15) is 11.0 Å². The zero-order valence-electron chi connectivity index (χ0n) is 40.9. The second-order valence-corrected chi connectivity index (χ2v) is 16.0. The molecule has 0 aliphatic rings. The Morgan fingerprint density at radius 1 is 0.371 bits per heavy atom. The Kier molecular flexibility index (Phi) is 6.86. The Balaban J connectivity index is 1.12. The smallest absolute Gasteiger partial charge is 0.166 e. The summed E-state index contributed by atoms with van der Waals surface area (Å²) in [6.07, 6.45) is 0. The van der Waals surface area contributed by atoms with E-state index in [1.54, 1.807) is 11.3 Å². The zero-order valence-corrected chi connectivity index (χ0v) is 33.7. The number of hydrogen-bond acceptors (Lipinski definition) is 4. The highest BCUT2D eigenvalue weighted by Crippen LogP contribution is 2.41. The van der Waals surface area contributed by atoms with E-state index in [0.717, 1.165) is 44.5 Å². The molecule has 0 bridgehead atoms. The molecule has 290 valence electrons. The van der Waals surface area contributed by atoms with Crippen LogP contribution in [0.3, 0.4) is 0 Å². The quantitative estimate of drug-likeness (QED) is 0.161. The highest BCUT2D eigenvalue weighted by atomic mass is 32.1. The van der Waals surface area contributed by atoms with E-state index in [1.807, 2.05) is 103 Å². The Morgan fingerprint density at radius 3 is 1.53 bits per heavy atom. The van der Waals surface area contributed by atoms with Crippen molar-refractivity contribution < 1.29 is 11.0 Å². The normalized spacial score (nSPS) is 13.4. The molecule has 3 heterocycles. The molecule has 0 N–H and O–H groups in total. The van der Waals surface area contributed by atoms with E-state index in [9.17, 15) is 2.74 Å². The van der Waals surface area contributed by atoms with Crippen molar-refractivity contribution in [3.63, 3.8) is 0 Å². The Morgan fingerprint density at radius 2 is 0.871 bits per heavy atom. The largest absolute Gasteiger partial charge is 0.308 e. The van der Waals surface area contributed by atoms with Gasteiger partial charge in [-0.25, -0.2) is 15.0 Å². The van der Waals surface area contributed by atoms with Gasteiger partial charge >= 0.3 is 0 Å². The van der Waals surface area contributed by atoms with E-state index < -0.39 is 48.3 Å². The molecule has 5 heteroatoms. The van der Waals surface area contributed by atoms with Crippen molar-refractivity contribution >= 4 is 53.3 Å². The van der Waals surface area contributed by atoms with Crippen molar-refractivity contribution in [2.24, 2.45) is 0 Å². The summed E-state index contributed by atoms with van der Waals surface area (Å²) in [6.45, 7) is 0. The first-order valence-electron chi connectivity index (χ1n) is 24.2. The maximum atomic E-state index is 9.35. The number of rotatable bonds is 7. The van der Waals surface area contributed by atoms with Crippen LogP contribution in [-0.2, 0) is 0 Å². The summed E-state index contributed by atoms with van der Waals surface area (Å²) < 4.78 is 75.9. The number of aromatic nitrogens is 4. The van der Waals surface area contributed by atoms with Crippen molar-refractivity contribution in [1.82, 2.24) is 19.5 Å². The van der Waals surface area contributed by atoms with Gasteiger partial charge in [0.2, 0.25) is 0 Å². The third kappa shape index (κ3) is 6.18. The predicted molar refractivity (Wildman–Crippen MR) is 260 cm³/mol. The summed E-state index contributed by atoms with van der Waals surface area (Å²) >= 11 is 1.77. The van der Waals surface area contributed by atoms with Crippen LogP contribution < -0.4 is 0 Å². The van der Waals surface area contributed by atoms with Crippen LogP contribution in [0.4, 0.5) is 0 Å². The summed E-state index contributed by atoms with van der Waals surface area (Å²) in [4.78, 5) is 15.5. The van der Waals surface area contributed by atoms with E-state index in [4.69, 9.17) is 23.2 Å². The molecule has 0 unspecified atom stereocenters. The molecule has 0 spiro atoms. The van der Waals surface area contributed by atoms with Crippen molar-refractivity contribution in [3.8, 4) is 73.2 Å². The molecular formula is C57H36N4S. The standard InChI is InChI=1S/C57H36N4S/c1-3-14-37(15-4-1)39-26-30-41(31-27-39)55-58-56(42-32-28-40(29-33-42)44-21-13-22-48-47-20-9-12-25-53(47)62-54(44)48)60-57(59-55)49-35-34-43(38-16-5-2-6-17-38)36-52(49)61-50-23-10-7-18-45(50)46-19-8-11-24-51(46)61/h1-36H/i7D,8D,10D,11D,18D,19D,23D,24D. The van der Waals surface area contributed by atoms with E-state index in [2.05, 4.69) is 66.7 Å². The van der Waals surface area contributed by atoms with Gasteiger partial charge in [-0.2, -0.15) is 0 Å². The topological polar surface area (TPSA) is 43.6 Å². The summed E-state index contributed by atoms with van der Waals surface area (Å²) in [5.41, 5.74) is 8.02. The minimum absolute atomic E-state index is 0.00490. The number of nitrogens with zero attached hydrogens (tertiary/aromatic N) is 4. The molecule has 3 aromatic heterocycles. The van der Waals surface area contributed by atoms with Gasteiger partial charge in [0, 0.05) is 47.6 Å². The monoisotopic (exact) mass is 816 g/mol. The Bertz CT molecular complexity index is 4010. The highest BCUT2D eigenvalue weighted by molar-refractivity contribution is 7.26. The molecule has 0 aliphatic heterocycles. The van der Waals surface area contributed by atoms with Crippen LogP contribution in [0.25, 0.3) is 115 Å². The minimum atomic E-state index is -0.515. The SMILES string of the molecule is [2H]c1c([2H])c([2H])c2c(c1[2H])c1c([2H])c([2H])c([2H])c([2H])c1n2-c1cc(-c2ccccc2)ccc1-c1nc(-c2ccc(-c3ccccc3)cc2)nc(-c2ccc(-c3cccc4c3sc3ccccc34)cc2)n1. The van der Waals surface area contributed by atoms with Gasteiger partial charge in [-0.1, -0.05) is 188 Å². The van der Waals surface area contributed by atoms with E-state index in [0.29, 0.717) is 22.9 Å². The van der Waals surface area contributed by atoms with Crippen LogP contribution in [0.15, 0.2) is 218 Å². The molecule has 0 saturated heterocycles. The first-order chi connectivity index (χ1) is 34.0. The Hall–Kier alpha value is -7.99. The van der Waals surface area contributed by atoms with Gasteiger partial charge in [0.1, 0.15) is 0 Å². The first kappa shape index (κ1) is 28.5. The van der Waals surface area contributed by atoms with Gasteiger partial charge in [-0.15, -0.1) is 11.3 Å². The molecule has 12 aromatic rings. The lowest BCUT2D eigenvalue weighted by Crippen LogP contribution is -2.04. The average molecular weight is 817 g/mol. The second kappa shape index (κ2) is 14.9. The molecule has 0 amide bonds. The van der Waals surface area contributed by atoms with Crippen LogP contribution in [0.2, 0.25) is 0 Å². The van der Waals surface area contributed by atoms with Crippen molar-refractivity contribution in [2.75, 3.05) is 0 Å². The number of hydrogen-bond donors (Lipinski definition) is 0. The fourth-order valence-corrected chi connectivity index (χ4v) is 9.59. The second-order valence-electron chi connectivity index (χ2n) is 15.0.